The summed E-state index contributed by atoms with van der Waals surface area (Å²) in [6.07, 6.45) is 6.54. The average molecular weight is 537 g/mol. The first kappa shape index (κ1) is 25.5. The minimum absolute atomic E-state index is 0.0808. The number of rotatable bonds is 4. The number of anilines is 1. The van der Waals surface area contributed by atoms with Crippen LogP contribution in [0.15, 0.2) is 108 Å². The van der Waals surface area contributed by atoms with Gasteiger partial charge in [0.25, 0.3) is 11.5 Å². The predicted molar refractivity (Wildman–Crippen MR) is 160 cm³/mol. The summed E-state index contributed by atoms with van der Waals surface area (Å²) in [6.45, 7) is 1.83. The van der Waals surface area contributed by atoms with E-state index in [0.29, 0.717) is 38.6 Å². The van der Waals surface area contributed by atoms with E-state index >= 15 is 0 Å². The topological polar surface area (TPSA) is 116 Å². The Morgan fingerprint density at radius 2 is 1.68 bits per heavy atom. The molecule has 8 nitrogen and oxygen atoms in total. The summed E-state index contributed by atoms with van der Waals surface area (Å²) in [6, 6.07) is 23.5. The number of nitrogens with two attached hydrogens (primary N) is 1. The monoisotopic (exact) mass is 536 g/mol. The van der Waals surface area contributed by atoms with E-state index < -0.39 is 11.9 Å². The van der Waals surface area contributed by atoms with Gasteiger partial charge in [-0.2, -0.15) is 0 Å². The Bertz CT molecular complexity index is 2040. The highest BCUT2D eigenvalue weighted by atomic mass is 16.2. The van der Waals surface area contributed by atoms with E-state index in [1.165, 1.54) is 0 Å². The molecule has 0 fully saturated rings. The molecule has 1 atom stereocenters. The molecule has 198 valence electrons. The van der Waals surface area contributed by atoms with Crippen molar-refractivity contribution >= 4 is 33.4 Å². The minimum Gasteiger partial charge on any atom is -0.383 e. The number of nitrogens with zero attached hydrogens (tertiary/aromatic N) is 4. The van der Waals surface area contributed by atoms with Crippen LogP contribution in [0.2, 0.25) is 0 Å². The molecule has 2 aromatic carbocycles. The van der Waals surface area contributed by atoms with E-state index in [9.17, 15) is 9.59 Å². The number of amides is 1. The molecule has 4 aromatic heterocycles. The highest BCUT2D eigenvalue weighted by Gasteiger charge is 2.22. The van der Waals surface area contributed by atoms with Gasteiger partial charge >= 0.3 is 0 Å². The van der Waals surface area contributed by atoms with Crippen molar-refractivity contribution in [3.05, 3.63) is 136 Å². The Morgan fingerprint density at radius 1 is 0.902 bits per heavy atom. The Balaban J connectivity index is 1.48. The van der Waals surface area contributed by atoms with Crippen molar-refractivity contribution in [2.24, 2.45) is 0 Å². The zero-order chi connectivity index (χ0) is 28.3. The Kier molecular flexibility index (Phi) is 6.68. The molecule has 8 heteroatoms. The van der Waals surface area contributed by atoms with Gasteiger partial charge in [-0.25, -0.2) is 4.98 Å². The van der Waals surface area contributed by atoms with E-state index in [2.05, 4.69) is 32.1 Å². The zero-order valence-electron chi connectivity index (χ0n) is 22.1. The van der Waals surface area contributed by atoms with Crippen LogP contribution in [0.5, 0.6) is 0 Å². The van der Waals surface area contributed by atoms with Crippen molar-refractivity contribution in [1.82, 2.24) is 24.8 Å². The lowest BCUT2D eigenvalue weighted by Crippen LogP contribution is -2.33. The van der Waals surface area contributed by atoms with Crippen molar-refractivity contribution < 1.29 is 4.79 Å². The fourth-order valence-electron chi connectivity index (χ4n) is 4.85. The normalized spacial score (nSPS) is 11.5. The maximum Gasteiger partial charge on any atom is 0.264 e. The quantitative estimate of drug-likeness (QED) is 0.313. The van der Waals surface area contributed by atoms with Gasteiger partial charge in [-0.1, -0.05) is 42.2 Å². The number of benzene rings is 2. The Hall–Kier alpha value is -5.81. The summed E-state index contributed by atoms with van der Waals surface area (Å²) in [5.41, 5.74) is 9.21. The summed E-state index contributed by atoms with van der Waals surface area (Å²) in [5, 5.41) is 4.93. The molecule has 0 spiro atoms. The molecule has 0 radical (unpaired) electrons. The number of pyridine rings is 4. The van der Waals surface area contributed by atoms with Gasteiger partial charge in [0.1, 0.15) is 11.4 Å². The van der Waals surface area contributed by atoms with Gasteiger partial charge in [-0.05, 0) is 60.8 Å². The van der Waals surface area contributed by atoms with Crippen LogP contribution in [0.1, 0.15) is 40.1 Å². The van der Waals surface area contributed by atoms with Crippen molar-refractivity contribution in [2.45, 2.75) is 13.0 Å². The van der Waals surface area contributed by atoms with E-state index in [0.717, 1.165) is 5.56 Å². The molecule has 0 aliphatic rings. The number of carbonyl (C=O) groups excluding carboxylic acids is 1. The van der Waals surface area contributed by atoms with E-state index in [1.54, 1.807) is 35.4 Å². The third-order valence-corrected chi connectivity index (χ3v) is 6.80. The number of aromatic nitrogens is 4. The molecule has 6 rings (SSSR count). The molecule has 0 saturated heterocycles. The Morgan fingerprint density at radius 3 is 2.49 bits per heavy atom. The van der Waals surface area contributed by atoms with Gasteiger partial charge in [-0.15, -0.1) is 0 Å². The van der Waals surface area contributed by atoms with Gasteiger partial charge < -0.3 is 11.1 Å². The molecule has 3 N–H and O–H groups in total. The molecule has 6 aromatic rings. The first-order valence-corrected chi connectivity index (χ1v) is 13.0. The van der Waals surface area contributed by atoms with Crippen LogP contribution in [0.4, 0.5) is 5.82 Å². The Labute approximate surface area is 235 Å². The first-order valence-electron chi connectivity index (χ1n) is 13.0. The third kappa shape index (κ3) is 4.88. The molecule has 41 heavy (non-hydrogen) atoms. The summed E-state index contributed by atoms with van der Waals surface area (Å²) in [7, 11) is 0. The van der Waals surface area contributed by atoms with Gasteiger partial charge in [0.15, 0.2) is 0 Å². The van der Waals surface area contributed by atoms with Crippen LogP contribution in [-0.2, 0) is 0 Å². The number of carbonyl (C=O) groups is 1. The molecular weight excluding hydrogens is 512 g/mol. The van der Waals surface area contributed by atoms with Crippen LogP contribution < -0.4 is 16.6 Å². The first-order chi connectivity index (χ1) is 20.0. The molecule has 0 aliphatic carbocycles. The molecule has 0 saturated carbocycles. The molecular formula is C33H24N6O2. The van der Waals surface area contributed by atoms with Gasteiger partial charge in [-0.3, -0.25) is 24.1 Å². The molecule has 0 unspecified atom stereocenters. The maximum atomic E-state index is 14.2. The van der Waals surface area contributed by atoms with E-state index in [-0.39, 0.29) is 16.9 Å². The smallest absolute Gasteiger partial charge is 0.264 e. The van der Waals surface area contributed by atoms with Gasteiger partial charge in [0, 0.05) is 52.7 Å². The summed E-state index contributed by atoms with van der Waals surface area (Å²) < 4.78 is 1.62. The number of hydrogen-bond donors (Lipinski definition) is 2. The standard InChI is InChI=1S/C33H24N6O2/c1-21(38-32(40)29-30-25(9-6-16-36-30)20-37-31(29)34)27-19-24-8-5-7-23(13-12-22-14-17-35-18-15-22)28(24)33(41)39(27)26-10-3-2-4-11-26/h2-11,14-21H,1H3,(H2,34,37)(H,38,40)/t21-/m0/s1. The number of hydrogen-bond acceptors (Lipinski definition) is 6. The lowest BCUT2D eigenvalue weighted by molar-refractivity contribution is 0.0941. The lowest BCUT2D eigenvalue weighted by Gasteiger charge is -2.21. The second-order valence-electron chi connectivity index (χ2n) is 9.46. The second-order valence-corrected chi connectivity index (χ2v) is 9.46. The van der Waals surface area contributed by atoms with Crippen LogP contribution in [0, 0.1) is 11.8 Å². The van der Waals surface area contributed by atoms with E-state index in [4.69, 9.17) is 5.73 Å². The van der Waals surface area contributed by atoms with Gasteiger partial charge in [0.2, 0.25) is 0 Å². The molecule has 4 heterocycles. The summed E-state index contributed by atoms with van der Waals surface area (Å²) in [4.78, 5) is 40.3. The molecule has 0 bridgehead atoms. The second kappa shape index (κ2) is 10.8. The molecule has 0 aliphatic heterocycles. The van der Waals surface area contributed by atoms with Crippen LogP contribution in [0.3, 0.4) is 0 Å². The fourth-order valence-corrected chi connectivity index (χ4v) is 4.85. The van der Waals surface area contributed by atoms with Crippen LogP contribution in [0.25, 0.3) is 27.4 Å². The highest BCUT2D eigenvalue weighted by Crippen LogP contribution is 2.25. The summed E-state index contributed by atoms with van der Waals surface area (Å²) >= 11 is 0. The van der Waals surface area contributed by atoms with Crippen molar-refractivity contribution in [1.29, 1.82) is 0 Å². The predicted octanol–water partition coefficient (Wildman–Crippen LogP) is 4.80. The maximum absolute atomic E-state index is 14.2. The fraction of sp³-hybridized carbons (Fsp3) is 0.0606. The van der Waals surface area contributed by atoms with Crippen LogP contribution >= 0.6 is 0 Å². The largest absolute Gasteiger partial charge is 0.383 e. The number of fused-ring (bicyclic) bond motifs is 2. The average Bonchev–Trinajstić information content (AvgIpc) is 3.00. The SMILES string of the molecule is C[C@H](NC(=O)c1c(N)ncc2cccnc12)c1cc2cccc(C#Cc3ccncc3)c2c(=O)n1-c1ccccc1. The lowest BCUT2D eigenvalue weighted by atomic mass is 10.0. The molecule has 1 amide bonds. The number of para-hydroxylation sites is 1. The van der Waals surface area contributed by atoms with Gasteiger partial charge in [0.05, 0.1) is 16.9 Å². The number of nitrogens with one attached hydrogen (secondary N) is 1. The van der Waals surface area contributed by atoms with Crippen molar-refractivity contribution in [3.8, 4) is 17.5 Å². The summed E-state index contributed by atoms with van der Waals surface area (Å²) in [5.74, 6) is 5.93. The highest BCUT2D eigenvalue weighted by molar-refractivity contribution is 6.09. The number of nitrogen functional groups attached to an aromatic ring is 1. The van der Waals surface area contributed by atoms with E-state index in [1.807, 2.05) is 79.7 Å². The zero-order valence-corrected chi connectivity index (χ0v) is 22.1. The van der Waals surface area contributed by atoms with Crippen LogP contribution in [-0.4, -0.2) is 25.4 Å². The minimum atomic E-state index is -0.579. The van der Waals surface area contributed by atoms with Crippen molar-refractivity contribution in [3.63, 3.8) is 0 Å². The van der Waals surface area contributed by atoms with Crippen molar-refractivity contribution in [2.75, 3.05) is 5.73 Å². The third-order valence-electron chi connectivity index (χ3n) is 6.80.